The lowest BCUT2D eigenvalue weighted by molar-refractivity contribution is 0.245. The predicted molar refractivity (Wildman–Crippen MR) is 82.5 cm³/mol. The standard InChI is InChI=1S/C16H19BrN2O/c1-11-16(12(2)20-18-11)15-7-4-8-19(15)10-13-5-3-6-14(17)9-13/h3,5-6,9,15H,4,7-8,10H2,1-2H3. The summed E-state index contributed by atoms with van der Waals surface area (Å²) in [6.07, 6.45) is 2.43. The molecule has 1 aliphatic heterocycles. The lowest BCUT2D eigenvalue weighted by Gasteiger charge is -2.24. The first-order valence-corrected chi connectivity index (χ1v) is 7.85. The highest BCUT2D eigenvalue weighted by Gasteiger charge is 2.30. The van der Waals surface area contributed by atoms with E-state index in [1.807, 2.05) is 13.8 Å². The third-order valence-electron chi connectivity index (χ3n) is 4.06. The fourth-order valence-corrected chi connectivity index (χ4v) is 3.62. The van der Waals surface area contributed by atoms with Gasteiger partial charge in [-0.1, -0.05) is 33.2 Å². The van der Waals surface area contributed by atoms with Gasteiger partial charge in [-0.05, 0) is 50.9 Å². The summed E-state index contributed by atoms with van der Waals surface area (Å²) in [5.41, 5.74) is 3.67. The SMILES string of the molecule is Cc1noc(C)c1C1CCCN1Cc1cccc(Br)c1. The van der Waals surface area contributed by atoms with Crippen LogP contribution in [-0.2, 0) is 6.54 Å². The van der Waals surface area contributed by atoms with Crippen LogP contribution >= 0.6 is 15.9 Å². The van der Waals surface area contributed by atoms with Gasteiger partial charge in [0, 0.05) is 22.6 Å². The molecule has 2 aromatic rings. The first-order chi connectivity index (χ1) is 9.65. The predicted octanol–water partition coefficient (Wildman–Crippen LogP) is 4.39. The van der Waals surface area contributed by atoms with Gasteiger partial charge in [-0.2, -0.15) is 0 Å². The van der Waals surface area contributed by atoms with Crippen molar-refractivity contribution in [2.45, 2.75) is 39.3 Å². The molecule has 0 radical (unpaired) electrons. The maximum absolute atomic E-state index is 5.34. The molecule has 1 saturated heterocycles. The van der Waals surface area contributed by atoms with E-state index in [1.165, 1.54) is 24.0 Å². The van der Waals surface area contributed by atoms with E-state index in [-0.39, 0.29) is 0 Å². The Morgan fingerprint density at radius 2 is 2.25 bits per heavy atom. The Bertz CT molecular complexity index is 589. The summed E-state index contributed by atoms with van der Waals surface area (Å²) in [7, 11) is 0. The molecule has 1 fully saturated rings. The lowest BCUT2D eigenvalue weighted by Crippen LogP contribution is -2.23. The lowest BCUT2D eigenvalue weighted by atomic mass is 10.0. The van der Waals surface area contributed by atoms with E-state index < -0.39 is 0 Å². The molecule has 0 aliphatic carbocycles. The molecule has 1 unspecified atom stereocenters. The second-order valence-electron chi connectivity index (χ2n) is 5.50. The Labute approximate surface area is 128 Å². The minimum absolute atomic E-state index is 0.445. The second kappa shape index (κ2) is 5.70. The van der Waals surface area contributed by atoms with Crippen LogP contribution in [0.4, 0.5) is 0 Å². The van der Waals surface area contributed by atoms with Gasteiger partial charge in [0.15, 0.2) is 0 Å². The first-order valence-electron chi connectivity index (χ1n) is 7.06. The highest BCUT2D eigenvalue weighted by atomic mass is 79.9. The van der Waals surface area contributed by atoms with Crippen LogP contribution in [0.1, 0.15) is 41.5 Å². The van der Waals surface area contributed by atoms with Crippen LogP contribution in [-0.4, -0.2) is 16.6 Å². The number of halogens is 1. The van der Waals surface area contributed by atoms with Crippen LogP contribution < -0.4 is 0 Å². The highest BCUT2D eigenvalue weighted by Crippen LogP contribution is 2.36. The minimum Gasteiger partial charge on any atom is -0.361 e. The molecule has 3 rings (SSSR count). The van der Waals surface area contributed by atoms with Crippen molar-refractivity contribution in [1.82, 2.24) is 10.1 Å². The van der Waals surface area contributed by atoms with E-state index >= 15 is 0 Å². The summed E-state index contributed by atoms with van der Waals surface area (Å²) < 4.78 is 6.48. The average molecular weight is 335 g/mol. The maximum Gasteiger partial charge on any atom is 0.138 e. The van der Waals surface area contributed by atoms with Gasteiger partial charge in [0.2, 0.25) is 0 Å². The van der Waals surface area contributed by atoms with Crippen molar-refractivity contribution in [3.63, 3.8) is 0 Å². The Hall–Kier alpha value is -1.13. The molecule has 20 heavy (non-hydrogen) atoms. The molecular weight excluding hydrogens is 316 g/mol. The summed E-state index contributed by atoms with van der Waals surface area (Å²) >= 11 is 3.55. The fraction of sp³-hybridized carbons (Fsp3) is 0.438. The van der Waals surface area contributed by atoms with Crippen LogP contribution in [0.5, 0.6) is 0 Å². The largest absolute Gasteiger partial charge is 0.361 e. The Kier molecular flexibility index (Phi) is 3.94. The molecule has 1 aromatic carbocycles. The van der Waals surface area contributed by atoms with Crippen LogP contribution in [0.25, 0.3) is 0 Å². The summed E-state index contributed by atoms with van der Waals surface area (Å²) in [4.78, 5) is 2.54. The summed E-state index contributed by atoms with van der Waals surface area (Å²) in [5.74, 6) is 0.966. The molecule has 3 nitrogen and oxygen atoms in total. The highest BCUT2D eigenvalue weighted by molar-refractivity contribution is 9.10. The molecule has 1 aromatic heterocycles. The minimum atomic E-state index is 0.445. The van der Waals surface area contributed by atoms with Gasteiger partial charge in [0.1, 0.15) is 5.76 Å². The smallest absolute Gasteiger partial charge is 0.138 e. The molecule has 106 valence electrons. The Morgan fingerprint density at radius 1 is 1.40 bits per heavy atom. The first kappa shape index (κ1) is 13.8. The van der Waals surface area contributed by atoms with Crippen molar-refractivity contribution in [3.8, 4) is 0 Å². The van der Waals surface area contributed by atoms with E-state index in [9.17, 15) is 0 Å². The molecular formula is C16H19BrN2O. The van der Waals surface area contributed by atoms with E-state index in [1.54, 1.807) is 0 Å². The van der Waals surface area contributed by atoms with Crippen LogP contribution in [0.15, 0.2) is 33.3 Å². The van der Waals surface area contributed by atoms with E-state index in [2.05, 4.69) is 50.3 Å². The van der Waals surface area contributed by atoms with Crippen molar-refractivity contribution in [2.24, 2.45) is 0 Å². The van der Waals surface area contributed by atoms with Crippen molar-refractivity contribution in [1.29, 1.82) is 0 Å². The normalized spacial score (nSPS) is 19.6. The van der Waals surface area contributed by atoms with E-state index in [4.69, 9.17) is 4.52 Å². The van der Waals surface area contributed by atoms with E-state index in [0.717, 1.165) is 29.0 Å². The average Bonchev–Trinajstić information content (AvgIpc) is 2.97. The molecule has 0 spiro atoms. The van der Waals surface area contributed by atoms with Crippen molar-refractivity contribution in [2.75, 3.05) is 6.54 Å². The molecule has 0 amide bonds. The number of aryl methyl sites for hydroxylation is 2. The topological polar surface area (TPSA) is 29.3 Å². The monoisotopic (exact) mass is 334 g/mol. The zero-order valence-electron chi connectivity index (χ0n) is 11.9. The van der Waals surface area contributed by atoms with Gasteiger partial charge in [-0.3, -0.25) is 4.90 Å². The number of hydrogen-bond acceptors (Lipinski definition) is 3. The van der Waals surface area contributed by atoms with Gasteiger partial charge in [0.05, 0.1) is 5.69 Å². The molecule has 0 bridgehead atoms. The summed E-state index contributed by atoms with van der Waals surface area (Å²) in [6, 6.07) is 9.00. The number of aromatic nitrogens is 1. The third kappa shape index (κ3) is 2.67. The van der Waals surface area contributed by atoms with E-state index in [0.29, 0.717) is 6.04 Å². The number of likely N-dealkylation sites (tertiary alicyclic amines) is 1. The summed E-state index contributed by atoms with van der Waals surface area (Å²) in [6.45, 7) is 6.18. The molecule has 2 heterocycles. The zero-order chi connectivity index (χ0) is 14.1. The maximum atomic E-state index is 5.34. The van der Waals surface area contributed by atoms with Crippen molar-refractivity contribution in [3.05, 3.63) is 51.3 Å². The molecule has 0 saturated carbocycles. The number of rotatable bonds is 3. The number of hydrogen-bond donors (Lipinski definition) is 0. The van der Waals surface area contributed by atoms with Gasteiger partial charge >= 0.3 is 0 Å². The van der Waals surface area contributed by atoms with Gasteiger partial charge in [0.25, 0.3) is 0 Å². The third-order valence-corrected chi connectivity index (χ3v) is 4.55. The molecule has 1 atom stereocenters. The van der Waals surface area contributed by atoms with Crippen molar-refractivity contribution >= 4 is 15.9 Å². The Morgan fingerprint density at radius 3 is 2.95 bits per heavy atom. The van der Waals surface area contributed by atoms with Crippen LogP contribution in [0.2, 0.25) is 0 Å². The zero-order valence-corrected chi connectivity index (χ0v) is 13.5. The van der Waals surface area contributed by atoms with Gasteiger partial charge in [-0.15, -0.1) is 0 Å². The number of nitrogens with zero attached hydrogens (tertiary/aromatic N) is 2. The van der Waals surface area contributed by atoms with Crippen LogP contribution in [0, 0.1) is 13.8 Å². The van der Waals surface area contributed by atoms with Gasteiger partial charge < -0.3 is 4.52 Å². The summed E-state index contributed by atoms with van der Waals surface area (Å²) in [5, 5.41) is 4.11. The molecule has 4 heteroatoms. The molecule has 0 N–H and O–H groups in total. The fourth-order valence-electron chi connectivity index (χ4n) is 3.18. The quantitative estimate of drug-likeness (QED) is 0.833. The Balaban J connectivity index is 1.83. The van der Waals surface area contributed by atoms with Crippen molar-refractivity contribution < 1.29 is 4.52 Å². The number of benzene rings is 1. The second-order valence-corrected chi connectivity index (χ2v) is 6.41. The molecule has 1 aliphatic rings. The van der Waals surface area contributed by atoms with Crippen LogP contribution in [0.3, 0.4) is 0 Å². The van der Waals surface area contributed by atoms with Gasteiger partial charge in [-0.25, -0.2) is 0 Å².